The van der Waals surface area contributed by atoms with Crippen LogP contribution in [0.25, 0.3) is 5.69 Å². The van der Waals surface area contributed by atoms with Gasteiger partial charge >= 0.3 is 0 Å². The Morgan fingerprint density at radius 1 is 1.00 bits per heavy atom. The predicted octanol–water partition coefficient (Wildman–Crippen LogP) is 3.55. The van der Waals surface area contributed by atoms with Gasteiger partial charge in [0.25, 0.3) is 11.8 Å². The van der Waals surface area contributed by atoms with Crippen molar-refractivity contribution in [3.63, 3.8) is 0 Å². The van der Waals surface area contributed by atoms with Crippen LogP contribution in [0.2, 0.25) is 0 Å². The number of rotatable bonds is 4. The third-order valence-electron chi connectivity index (χ3n) is 4.33. The number of nitrogens with zero attached hydrogens (tertiary/aromatic N) is 3. The number of azo groups is 1. The first kappa shape index (κ1) is 16.0. The number of nitrogens with one attached hydrogen (secondary N) is 1. The Balaban J connectivity index is 1.44. The zero-order chi connectivity index (χ0) is 17.9. The van der Waals surface area contributed by atoms with Gasteiger partial charge in [-0.15, -0.1) is 5.11 Å². The van der Waals surface area contributed by atoms with Crippen LogP contribution in [-0.2, 0) is 0 Å². The van der Waals surface area contributed by atoms with Crippen molar-refractivity contribution in [3.8, 4) is 5.69 Å². The predicted molar refractivity (Wildman–Crippen MR) is 96.5 cm³/mol. The molecule has 1 atom stereocenters. The summed E-state index contributed by atoms with van der Waals surface area (Å²) in [6, 6.07) is 18.1. The number of amides is 2. The molecular formula is C20H16N4O2. The summed E-state index contributed by atoms with van der Waals surface area (Å²) in [6.45, 7) is 0.284. The quantitative estimate of drug-likeness (QED) is 0.786. The second-order valence-electron chi connectivity index (χ2n) is 5.97. The van der Waals surface area contributed by atoms with Crippen LogP contribution >= 0.6 is 0 Å². The zero-order valence-corrected chi connectivity index (χ0v) is 13.9. The number of carbonyl (C=O) groups excluding carboxylic acids is 2. The van der Waals surface area contributed by atoms with E-state index in [1.807, 2.05) is 53.4 Å². The van der Waals surface area contributed by atoms with E-state index in [0.717, 1.165) is 11.3 Å². The number of hydrogen-bond acceptors (Lipinski definition) is 3. The Morgan fingerprint density at radius 2 is 1.73 bits per heavy atom. The summed E-state index contributed by atoms with van der Waals surface area (Å²) < 4.78 is 1.97. The van der Waals surface area contributed by atoms with Gasteiger partial charge in [0.15, 0.2) is 0 Å². The third-order valence-corrected chi connectivity index (χ3v) is 4.33. The minimum absolute atomic E-state index is 0.186. The molecule has 2 heterocycles. The van der Waals surface area contributed by atoms with Crippen molar-refractivity contribution in [3.05, 3.63) is 89.7 Å². The van der Waals surface area contributed by atoms with E-state index in [-0.39, 0.29) is 24.4 Å². The normalized spacial score (nSPS) is 15.5. The highest BCUT2D eigenvalue weighted by atomic mass is 16.2. The third kappa shape index (κ3) is 3.04. The molecule has 2 amide bonds. The first-order chi connectivity index (χ1) is 12.7. The highest BCUT2D eigenvalue weighted by Gasteiger charge is 2.23. The fourth-order valence-corrected chi connectivity index (χ4v) is 2.95. The molecule has 6 nitrogen and oxygen atoms in total. The summed E-state index contributed by atoms with van der Waals surface area (Å²) in [7, 11) is 0. The molecule has 0 fully saturated rings. The second-order valence-corrected chi connectivity index (χ2v) is 5.97. The van der Waals surface area contributed by atoms with E-state index in [1.165, 1.54) is 0 Å². The minimum Gasteiger partial charge on any atom is -0.349 e. The molecule has 2 aromatic carbocycles. The molecule has 0 bridgehead atoms. The van der Waals surface area contributed by atoms with E-state index in [1.54, 1.807) is 24.3 Å². The summed E-state index contributed by atoms with van der Waals surface area (Å²) in [6.07, 6.45) is 3.89. The molecule has 0 saturated carbocycles. The summed E-state index contributed by atoms with van der Waals surface area (Å²) in [5, 5.41) is 10.6. The Labute approximate surface area is 150 Å². The summed E-state index contributed by atoms with van der Waals surface area (Å²) in [4.78, 5) is 24.2. The SMILES string of the molecule is O=C(NCC1N=NC(=O)c2ccccc21)c1ccc(-n2cccc2)cc1. The lowest BCUT2D eigenvalue weighted by molar-refractivity contribution is 0.0950. The van der Waals surface area contributed by atoms with Crippen LogP contribution in [0.3, 0.4) is 0 Å². The van der Waals surface area contributed by atoms with Gasteiger partial charge in [-0.25, -0.2) is 0 Å². The molecule has 3 aromatic rings. The maximum atomic E-state index is 12.4. The lowest BCUT2D eigenvalue weighted by atomic mass is 9.99. The van der Waals surface area contributed by atoms with Crippen molar-refractivity contribution in [1.82, 2.24) is 9.88 Å². The van der Waals surface area contributed by atoms with Gasteiger partial charge in [0.2, 0.25) is 0 Å². The average molecular weight is 344 g/mol. The maximum absolute atomic E-state index is 12.4. The average Bonchev–Trinajstić information content (AvgIpc) is 3.22. The van der Waals surface area contributed by atoms with Gasteiger partial charge in [0.05, 0.1) is 0 Å². The molecule has 0 saturated heterocycles. The molecule has 26 heavy (non-hydrogen) atoms. The largest absolute Gasteiger partial charge is 0.349 e. The van der Waals surface area contributed by atoms with Gasteiger partial charge < -0.3 is 9.88 Å². The monoisotopic (exact) mass is 344 g/mol. The number of carbonyl (C=O) groups is 2. The molecule has 1 aliphatic heterocycles. The van der Waals surface area contributed by atoms with Crippen LogP contribution in [0.4, 0.5) is 0 Å². The van der Waals surface area contributed by atoms with Gasteiger partial charge in [0, 0.05) is 35.8 Å². The van der Waals surface area contributed by atoms with E-state index in [0.29, 0.717) is 11.1 Å². The Hall–Kier alpha value is -3.54. The van der Waals surface area contributed by atoms with E-state index in [4.69, 9.17) is 0 Å². The van der Waals surface area contributed by atoms with E-state index < -0.39 is 0 Å². The highest BCUT2D eigenvalue weighted by molar-refractivity contribution is 5.97. The summed E-state index contributed by atoms with van der Waals surface area (Å²) in [5.41, 5.74) is 2.88. The topological polar surface area (TPSA) is 75.8 Å². The molecule has 6 heteroatoms. The van der Waals surface area contributed by atoms with Crippen molar-refractivity contribution in [2.24, 2.45) is 10.2 Å². The van der Waals surface area contributed by atoms with Gasteiger partial charge in [-0.3, -0.25) is 9.59 Å². The molecule has 1 aliphatic rings. The molecule has 1 unspecified atom stereocenters. The van der Waals surface area contributed by atoms with Crippen LogP contribution in [0.1, 0.15) is 32.3 Å². The standard InChI is InChI=1S/C20H16N4O2/c25-19(14-7-9-15(10-8-14)24-11-3-4-12-24)21-13-18-16-5-1-2-6-17(16)20(26)23-22-18/h1-12,18H,13H2,(H,21,25). The molecule has 1 N–H and O–H groups in total. The van der Waals surface area contributed by atoms with Crippen LogP contribution < -0.4 is 5.32 Å². The maximum Gasteiger partial charge on any atom is 0.295 e. The smallest absolute Gasteiger partial charge is 0.295 e. The highest BCUT2D eigenvalue weighted by Crippen LogP contribution is 2.26. The molecule has 0 radical (unpaired) electrons. The van der Waals surface area contributed by atoms with Crippen molar-refractivity contribution in [2.75, 3.05) is 6.54 Å². The van der Waals surface area contributed by atoms with Crippen LogP contribution in [0, 0.1) is 0 Å². The van der Waals surface area contributed by atoms with Gasteiger partial charge in [0.1, 0.15) is 6.04 Å². The fraction of sp³-hybridized carbons (Fsp3) is 0.100. The molecule has 0 aliphatic carbocycles. The Kier molecular flexibility index (Phi) is 4.15. The molecule has 1 aromatic heterocycles. The first-order valence-corrected chi connectivity index (χ1v) is 8.28. The van der Waals surface area contributed by atoms with E-state index in [9.17, 15) is 9.59 Å². The number of fused-ring (bicyclic) bond motifs is 1. The van der Waals surface area contributed by atoms with Crippen molar-refractivity contribution in [1.29, 1.82) is 0 Å². The van der Waals surface area contributed by atoms with E-state index >= 15 is 0 Å². The lowest BCUT2D eigenvalue weighted by Crippen LogP contribution is -2.29. The zero-order valence-electron chi connectivity index (χ0n) is 13.9. The van der Waals surface area contributed by atoms with E-state index in [2.05, 4.69) is 15.5 Å². The number of aromatic nitrogens is 1. The summed E-state index contributed by atoms with van der Waals surface area (Å²) in [5.74, 6) is -0.530. The van der Waals surface area contributed by atoms with Crippen molar-refractivity contribution in [2.45, 2.75) is 6.04 Å². The molecule has 0 spiro atoms. The Bertz CT molecular complexity index is 975. The van der Waals surface area contributed by atoms with Crippen molar-refractivity contribution < 1.29 is 9.59 Å². The van der Waals surface area contributed by atoms with Crippen LogP contribution in [0.5, 0.6) is 0 Å². The molecule has 4 rings (SSSR count). The van der Waals surface area contributed by atoms with Crippen LogP contribution in [-0.4, -0.2) is 22.9 Å². The lowest BCUT2D eigenvalue weighted by Gasteiger charge is -2.18. The molecular weight excluding hydrogens is 328 g/mol. The van der Waals surface area contributed by atoms with Gasteiger partial charge in [-0.2, -0.15) is 5.11 Å². The molecule has 128 valence electrons. The number of benzene rings is 2. The van der Waals surface area contributed by atoms with Gasteiger partial charge in [-0.05, 0) is 48.0 Å². The van der Waals surface area contributed by atoms with Crippen LogP contribution in [0.15, 0.2) is 83.3 Å². The van der Waals surface area contributed by atoms with Gasteiger partial charge in [-0.1, -0.05) is 18.2 Å². The minimum atomic E-state index is -0.355. The Morgan fingerprint density at radius 3 is 2.50 bits per heavy atom. The summed E-state index contributed by atoms with van der Waals surface area (Å²) >= 11 is 0. The number of hydrogen-bond donors (Lipinski definition) is 1. The second kappa shape index (κ2) is 6.76. The first-order valence-electron chi connectivity index (χ1n) is 8.28. The van der Waals surface area contributed by atoms with Crippen molar-refractivity contribution >= 4 is 11.8 Å². The fourth-order valence-electron chi connectivity index (χ4n) is 2.95.